The first kappa shape index (κ1) is 21.7. The molecule has 0 amide bonds. The van der Waals surface area contributed by atoms with E-state index in [1.165, 1.54) is 19.1 Å². The second-order valence-electron chi connectivity index (χ2n) is 7.76. The van der Waals surface area contributed by atoms with Crippen molar-refractivity contribution in [2.45, 2.75) is 26.8 Å². The molecule has 4 aromatic rings. The van der Waals surface area contributed by atoms with Gasteiger partial charge in [0, 0.05) is 61.6 Å². The van der Waals surface area contributed by atoms with E-state index in [0.29, 0.717) is 31.0 Å². The minimum absolute atomic E-state index is 0.0823. The number of halogens is 1. The Hall–Kier alpha value is -3.52. The zero-order valence-electron chi connectivity index (χ0n) is 18.6. The maximum absolute atomic E-state index is 14.1. The Morgan fingerprint density at radius 2 is 2.06 bits per heavy atom. The molecule has 0 aliphatic heterocycles. The predicted octanol–water partition coefficient (Wildman–Crippen LogP) is 3.73. The number of Topliss-reactive ketones (excluding diaryl/α,β-unsaturated/α-hetero) is 1. The highest BCUT2D eigenvalue weighted by Gasteiger charge is 2.17. The topological polar surface area (TPSA) is 73.5 Å². The van der Waals surface area contributed by atoms with Crippen LogP contribution in [0.4, 0.5) is 4.39 Å². The number of rotatable bonds is 8. The fourth-order valence-electron chi connectivity index (χ4n) is 3.85. The Bertz CT molecular complexity index is 1290. The summed E-state index contributed by atoms with van der Waals surface area (Å²) >= 11 is 0. The van der Waals surface area contributed by atoms with Crippen molar-refractivity contribution < 1.29 is 13.9 Å². The Morgan fingerprint density at radius 3 is 2.81 bits per heavy atom. The smallest absolute Gasteiger partial charge is 0.180 e. The molecule has 0 aliphatic carbocycles. The van der Waals surface area contributed by atoms with Crippen molar-refractivity contribution in [3.05, 3.63) is 71.2 Å². The number of benzene rings is 1. The van der Waals surface area contributed by atoms with Gasteiger partial charge < -0.3 is 14.5 Å². The van der Waals surface area contributed by atoms with Crippen molar-refractivity contribution in [2.24, 2.45) is 7.05 Å². The van der Waals surface area contributed by atoms with Crippen LogP contribution in [0.15, 0.2) is 42.7 Å². The average molecular weight is 436 g/mol. The van der Waals surface area contributed by atoms with Crippen LogP contribution in [0, 0.1) is 12.7 Å². The van der Waals surface area contributed by atoms with Crippen molar-refractivity contribution in [2.75, 3.05) is 13.7 Å². The van der Waals surface area contributed by atoms with Gasteiger partial charge in [-0.25, -0.2) is 9.37 Å². The lowest BCUT2D eigenvalue weighted by Gasteiger charge is -2.13. The van der Waals surface area contributed by atoms with Crippen LogP contribution in [0.5, 0.6) is 5.75 Å². The Kier molecular flexibility index (Phi) is 6.05. The van der Waals surface area contributed by atoms with Crippen LogP contribution in [0.3, 0.4) is 0 Å². The number of ether oxygens (including phenoxy) is 1. The Balaban J connectivity index is 1.62. The van der Waals surface area contributed by atoms with E-state index in [9.17, 15) is 9.18 Å². The third-order valence-corrected chi connectivity index (χ3v) is 5.60. The van der Waals surface area contributed by atoms with Gasteiger partial charge in [-0.15, -0.1) is 0 Å². The highest BCUT2D eigenvalue weighted by atomic mass is 19.1. The first-order valence-electron chi connectivity index (χ1n) is 10.5. The molecule has 0 fully saturated rings. The van der Waals surface area contributed by atoms with Crippen LogP contribution in [0.1, 0.15) is 34.4 Å². The summed E-state index contributed by atoms with van der Waals surface area (Å²) in [7, 11) is 3.70. The summed E-state index contributed by atoms with van der Waals surface area (Å²) in [4.78, 5) is 16.4. The lowest BCUT2D eigenvalue weighted by molar-refractivity contribution is 0.101. The second kappa shape index (κ2) is 8.92. The van der Waals surface area contributed by atoms with Gasteiger partial charge in [-0.05, 0) is 38.2 Å². The molecular formula is C24H26FN5O2. The summed E-state index contributed by atoms with van der Waals surface area (Å²) in [5.74, 6) is -0.00276. The molecule has 32 heavy (non-hydrogen) atoms. The first-order chi connectivity index (χ1) is 15.4. The number of carbonyl (C=O) groups is 1. The van der Waals surface area contributed by atoms with Crippen LogP contribution in [-0.2, 0) is 20.0 Å². The largest absolute Gasteiger partial charge is 0.492 e. The molecule has 3 heterocycles. The molecule has 0 saturated carbocycles. The molecule has 0 bridgehead atoms. The highest BCUT2D eigenvalue weighted by Crippen LogP contribution is 2.31. The summed E-state index contributed by atoms with van der Waals surface area (Å²) < 4.78 is 23.8. The standard InChI is InChI=1S/C24H26FN5O2/c1-15-20(24(16(2)31)28-29(15)4)9-10-32-22-11-18(25)6-7-21(22)17-5-8-23-27-13-19(12-26-3)30(23)14-17/h5-8,11,13-14,26H,9-10,12H2,1-4H3. The van der Waals surface area contributed by atoms with Crippen LogP contribution < -0.4 is 10.1 Å². The minimum atomic E-state index is -0.370. The van der Waals surface area contributed by atoms with Gasteiger partial charge >= 0.3 is 0 Å². The van der Waals surface area contributed by atoms with E-state index in [1.54, 1.807) is 10.7 Å². The average Bonchev–Trinajstić information content (AvgIpc) is 3.29. The molecule has 4 rings (SSSR count). The molecule has 7 nitrogen and oxygen atoms in total. The quantitative estimate of drug-likeness (QED) is 0.427. The van der Waals surface area contributed by atoms with E-state index in [1.807, 2.05) is 49.9 Å². The zero-order valence-corrected chi connectivity index (χ0v) is 18.6. The number of aryl methyl sites for hydroxylation is 1. The molecule has 0 aliphatic rings. The van der Waals surface area contributed by atoms with Crippen LogP contribution in [0.25, 0.3) is 16.8 Å². The predicted molar refractivity (Wildman–Crippen MR) is 120 cm³/mol. The van der Waals surface area contributed by atoms with E-state index in [0.717, 1.165) is 33.7 Å². The summed E-state index contributed by atoms with van der Waals surface area (Å²) in [5, 5.41) is 7.44. The number of hydrogen-bond acceptors (Lipinski definition) is 5. The van der Waals surface area contributed by atoms with Gasteiger partial charge in [0.1, 0.15) is 22.9 Å². The Labute approximate surface area is 185 Å². The molecule has 166 valence electrons. The fraction of sp³-hybridized carbons (Fsp3) is 0.292. The van der Waals surface area contributed by atoms with E-state index in [-0.39, 0.29) is 11.6 Å². The molecule has 1 N–H and O–H groups in total. The van der Waals surface area contributed by atoms with Crippen molar-refractivity contribution in [1.82, 2.24) is 24.5 Å². The van der Waals surface area contributed by atoms with Gasteiger partial charge in [-0.2, -0.15) is 5.10 Å². The van der Waals surface area contributed by atoms with Crippen LogP contribution >= 0.6 is 0 Å². The molecule has 8 heteroatoms. The van der Waals surface area contributed by atoms with Crippen LogP contribution in [-0.4, -0.2) is 38.6 Å². The zero-order chi connectivity index (χ0) is 22.8. The van der Waals surface area contributed by atoms with Crippen molar-refractivity contribution >= 4 is 11.4 Å². The van der Waals surface area contributed by atoms with E-state index in [4.69, 9.17) is 4.74 Å². The highest BCUT2D eigenvalue weighted by molar-refractivity contribution is 5.93. The number of aromatic nitrogens is 4. The van der Waals surface area contributed by atoms with E-state index in [2.05, 4.69) is 15.4 Å². The number of nitrogens with one attached hydrogen (secondary N) is 1. The van der Waals surface area contributed by atoms with Crippen LogP contribution in [0.2, 0.25) is 0 Å². The monoisotopic (exact) mass is 435 g/mol. The van der Waals surface area contributed by atoms with E-state index < -0.39 is 0 Å². The second-order valence-corrected chi connectivity index (χ2v) is 7.76. The summed E-state index contributed by atoms with van der Waals surface area (Å²) in [5.41, 5.74) is 5.77. The molecule has 0 radical (unpaired) electrons. The normalized spacial score (nSPS) is 11.3. The molecule has 0 atom stereocenters. The lowest BCUT2D eigenvalue weighted by atomic mass is 10.1. The molecule has 3 aromatic heterocycles. The van der Waals surface area contributed by atoms with Crippen molar-refractivity contribution in [3.8, 4) is 16.9 Å². The minimum Gasteiger partial charge on any atom is -0.492 e. The number of carbonyl (C=O) groups excluding carboxylic acids is 1. The molecule has 1 aromatic carbocycles. The van der Waals surface area contributed by atoms with Crippen molar-refractivity contribution in [3.63, 3.8) is 0 Å². The van der Waals surface area contributed by atoms with Gasteiger partial charge in [0.15, 0.2) is 5.78 Å². The SMILES string of the molecule is CNCc1cnc2ccc(-c3ccc(F)cc3OCCc3c(C(C)=O)nn(C)c3C)cn12. The maximum atomic E-state index is 14.1. The van der Waals surface area contributed by atoms with Gasteiger partial charge in [0.25, 0.3) is 0 Å². The third kappa shape index (κ3) is 4.13. The van der Waals surface area contributed by atoms with E-state index >= 15 is 0 Å². The number of pyridine rings is 1. The fourth-order valence-corrected chi connectivity index (χ4v) is 3.85. The Morgan fingerprint density at radius 1 is 1.25 bits per heavy atom. The van der Waals surface area contributed by atoms with Crippen molar-refractivity contribution in [1.29, 1.82) is 0 Å². The summed E-state index contributed by atoms with van der Waals surface area (Å²) in [6.07, 6.45) is 4.31. The van der Waals surface area contributed by atoms with Gasteiger partial charge in [0.05, 0.1) is 18.5 Å². The number of imidazole rings is 1. The van der Waals surface area contributed by atoms with Gasteiger partial charge in [0.2, 0.25) is 0 Å². The maximum Gasteiger partial charge on any atom is 0.180 e. The number of nitrogens with zero attached hydrogens (tertiary/aromatic N) is 4. The summed E-state index contributed by atoms with van der Waals surface area (Å²) in [6.45, 7) is 4.40. The number of hydrogen-bond donors (Lipinski definition) is 1. The number of ketones is 1. The molecular weight excluding hydrogens is 409 g/mol. The van der Waals surface area contributed by atoms with Gasteiger partial charge in [-0.1, -0.05) is 0 Å². The third-order valence-electron chi connectivity index (χ3n) is 5.60. The summed E-state index contributed by atoms with van der Waals surface area (Å²) in [6, 6.07) is 8.42. The lowest BCUT2D eigenvalue weighted by Crippen LogP contribution is -2.08. The van der Waals surface area contributed by atoms with Gasteiger partial charge in [-0.3, -0.25) is 9.48 Å². The molecule has 0 unspecified atom stereocenters. The first-order valence-corrected chi connectivity index (χ1v) is 10.5. The number of fused-ring (bicyclic) bond motifs is 1. The molecule has 0 saturated heterocycles. The molecule has 0 spiro atoms.